The van der Waals surface area contributed by atoms with E-state index in [1.807, 2.05) is 6.92 Å². The van der Waals surface area contributed by atoms with Crippen LogP contribution in [0.15, 0.2) is 0 Å². The van der Waals surface area contributed by atoms with Gasteiger partial charge in [-0.15, -0.1) is 0 Å². The van der Waals surface area contributed by atoms with Crippen LogP contribution in [0.4, 0.5) is 4.79 Å². The number of aliphatic carboxylic acids is 1. The molecular weight excluding hydrogens is 236 g/mol. The number of rotatable bonds is 6. The van der Waals surface area contributed by atoms with Crippen LogP contribution in [0.5, 0.6) is 0 Å². The van der Waals surface area contributed by atoms with Crippen molar-refractivity contribution in [3.8, 4) is 0 Å². The lowest BCUT2D eigenvalue weighted by Crippen LogP contribution is -2.53. The summed E-state index contributed by atoms with van der Waals surface area (Å²) >= 11 is 0. The third-order valence-electron chi connectivity index (χ3n) is 2.53. The summed E-state index contributed by atoms with van der Waals surface area (Å²) in [5, 5.41) is 20.5. The van der Waals surface area contributed by atoms with Gasteiger partial charge in [0.05, 0.1) is 6.61 Å². The van der Waals surface area contributed by atoms with E-state index >= 15 is 0 Å². The first-order valence-electron chi connectivity index (χ1n) is 6.13. The largest absolute Gasteiger partial charge is 0.480 e. The predicted octanol–water partition coefficient (Wildman–Crippen LogP) is 0.900. The Balaban J connectivity index is 4.71. The molecule has 6 nitrogen and oxygen atoms in total. The fourth-order valence-corrected chi connectivity index (χ4v) is 1.57. The number of hydrogen-bond donors (Lipinski definition) is 3. The molecule has 0 heterocycles. The van der Waals surface area contributed by atoms with Crippen molar-refractivity contribution in [1.29, 1.82) is 0 Å². The number of carboxylic acids is 1. The van der Waals surface area contributed by atoms with E-state index in [4.69, 9.17) is 10.2 Å². The Hall–Kier alpha value is -1.30. The molecule has 0 spiro atoms. The zero-order valence-corrected chi connectivity index (χ0v) is 11.6. The maximum Gasteiger partial charge on any atom is 0.326 e. The number of carboxylic acid groups (broad SMARTS) is 1. The highest BCUT2D eigenvalue weighted by atomic mass is 16.4. The minimum atomic E-state index is -1.06. The van der Waals surface area contributed by atoms with Crippen LogP contribution >= 0.6 is 0 Å². The second-order valence-electron chi connectivity index (χ2n) is 5.30. The van der Waals surface area contributed by atoms with Gasteiger partial charge >= 0.3 is 12.0 Å². The minimum absolute atomic E-state index is 0.138. The second-order valence-corrected chi connectivity index (χ2v) is 5.30. The maximum absolute atomic E-state index is 11.9. The van der Waals surface area contributed by atoms with Crippen LogP contribution in [-0.4, -0.2) is 52.9 Å². The lowest BCUT2D eigenvalue weighted by atomic mass is 9.87. The molecule has 0 aliphatic rings. The van der Waals surface area contributed by atoms with Crippen molar-refractivity contribution in [2.45, 2.75) is 40.2 Å². The first kappa shape index (κ1) is 16.7. The van der Waals surface area contributed by atoms with Crippen molar-refractivity contribution in [1.82, 2.24) is 10.2 Å². The second kappa shape index (κ2) is 7.20. The standard InChI is InChI=1S/C12H24N2O4/c1-5-6-14(7-8-15)11(18)13-9(10(16)17)12(2,3)4/h9,15H,5-8H2,1-4H3,(H,13,18)(H,16,17)/t9-/m1/s1. The van der Waals surface area contributed by atoms with Gasteiger partial charge in [0.1, 0.15) is 6.04 Å². The quantitative estimate of drug-likeness (QED) is 0.662. The van der Waals surface area contributed by atoms with Crippen molar-refractivity contribution < 1.29 is 19.8 Å². The molecule has 0 aromatic carbocycles. The number of nitrogens with one attached hydrogen (secondary N) is 1. The minimum Gasteiger partial charge on any atom is -0.480 e. The third kappa shape index (κ3) is 5.35. The van der Waals surface area contributed by atoms with Crippen LogP contribution in [0.2, 0.25) is 0 Å². The average Bonchev–Trinajstić information content (AvgIpc) is 2.23. The molecule has 0 fully saturated rings. The summed E-state index contributed by atoms with van der Waals surface area (Å²) in [5.41, 5.74) is -0.571. The first-order valence-corrected chi connectivity index (χ1v) is 6.13. The highest BCUT2D eigenvalue weighted by molar-refractivity contribution is 5.83. The van der Waals surface area contributed by atoms with Crippen molar-refractivity contribution in [3.63, 3.8) is 0 Å². The molecule has 0 saturated carbocycles. The number of hydrogen-bond acceptors (Lipinski definition) is 3. The zero-order chi connectivity index (χ0) is 14.3. The highest BCUT2D eigenvalue weighted by Gasteiger charge is 2.33. The topological polar surface area (TPSA) is 89.9 Å². The summed E-state index contributed by atoms with van der Waals surface area (Å²) in [5.74, 6) is -1.06. The van der Waals surface area contributed by atoms with Crippen LogP contribution in [0.25, 0.3) is 0 Å². The van der Waals surface area contributed by atoms with Crippen LogP contribution in [0, 0.1) is 5.41 Å². The molecule has 2 amide bonds. The number of aliphatic hydroxyl groups is 1. The Morgan fingerprint density at radius 1 is 1.28 bits per heavy atom. The Bertz CT molecular complexity index is 280. The summed E-state index contributed by atoms with van der Waals surface area (Å²) in [6, 6.07) is -1.41. The van der Waals surface area contributed by atoms with Gasteiger partial charge in [0, 0.05) is 13.1 Å². The van der Waals surface area contributed by atoms with E-state index in [0.717, 1.165) is 6.42 Å². The smallest absolute Gasteiger partial charge is 0.326 e. The molecule has 0 unspecified atom stereocenters. The molecule has 0 radical (unpaired) electrons. The number of nitrogens with zero attached hydrogens (tertiary/aromatic N) is 1. The van der Waals surface area contributed by atoms with Crippen molar-refractivity contribution in [3.05, 3.63) is 0 Å². The van der Waals surface area contributed by atoms with Gasteiger partial charge in [-0.05, 0) is 11.8 Å². The molecule has 6 heteroatoms. The Labute approximate surface area is 108 Å². The molecule has 106 valence electrons. The normalized spacial score (nSPS) is 12.9. The fourth-order valence-electron chi connectivity index (χ4n) is 1.57. The molecule has 0 aliphatic heterocycles. The number of aliphatic hydroxyl groups excluding tert-OH is 1. The maximum atomic E-state index is 11.9. The Morgan fingerprint density at radius 3 is 2.17 bits per heavy atom. The first-order chi connectivity index (χ1) is 8.23. The van der Waals surface area contributed by atoms with Crippen LogP contribution in [-0.2, 0) is 4.79 Å². The van der Waals surface area contributed by atoms with Crippen molar-refractivity contribution in [2.75, 3.05) is 19.7 Å². The van der Waals surface area contributed by atoms with E-state index in [1.54, 1.807) is 20.8 Å². The number of urea groups is 1. The number of carbonyl (C=O) groups is 2. The van der Waals surface area contributed by atoms with Crippen molar-refractivity contribution in [2.24, 2.45) is 5.41 Å². The molecule has 18 heavy (non-hydrogen) atoms. The van der Waals surface area contributed by atoms with E-state index in [0.29, 0.717) is 6.54 Å². The van der Waals surface area contributed by atoms with Gasteiger partial charge in [-0.3, -0.25) is 0 Å². The summed E-state index contributed by atoms with van der Waals surface area (Å²) in [6.07, 6.45) is 0.751. The van der Waals surface area contributed by atoms with E-state index in [1.165, 1.54) is 4.90 Å². The Kier molecular flexibility index (Phi) is 6.68. The van der Waals surface area contributed by atoms with Crippen LogP contribution < -0.4 is 5.32 Å². The van der Waals surface area contributed by atoms with Crippen LogP contribution in [0.1, 0.15) is 34.1 Å². The molecule has 3 N–H and O–H groups in total. The predicted molar refractivity (Wildman–Crippen MR) is 68.4 cm³/mol. The molecule has 1 atom stereocenters. The lowest BCUT2D eigenvalue weighted by molar-refractivity contribution is -0.142. The molecule has 0 saturated heterocycles. The van der Waals surface area contributed by atoms with E-state index in [2.05, 4.69) is 5.32 Å². The van der Waals surface area contributed by atoms with Gasteiger partial charge in [0.15, 0.2) is 0 Å². The SMILES string of the molecule is CCCN(CCO)C(=O)N[C@H](C(=O)O)C(C)(C)C. The average molecular weight is 260 g/mol. The van der Waals surface area contributed by atoms with Crippen LogP contribution in [0.3, 0.4) is 0 Å². The van der Waals surface area contributed by atoms with Gasteiger partial charge in [0.25, 0.3) is 0 Å². The monoisotopic (exact) mass is 260 g/mol. The molecule has 0 aromatic heterocycles. The third-order valence-corrected chi connectivity index (χ3v) is 2.53. The van der Waals surface area contributed by atoms with Gasteiger partial charge in [-0.1, -0.05) is 27.7 Å². The lowest BCUT2D eigenvalue weighted by Gasteiger charge is -2.30. The molecule has 0 bridgehead atoms. The summed E-state index contributed by atoms with van der Waals surface area (Å²) in [7, 11) is 0. The van der Waals surface area contributed by atoms with Crippen molar-refractivity contribution >= 4 is 12.0 Å². The summed E-state index contributed by atoms with van der Waals surface area (Å²) in [6.45, 7) is 7.72. The van der Waals surface area contributed by atoms with E-state index in [9.17, 15) is 9.59 Å². The zero-order valence-electron chi connectivity index (χ0n) is 11.6. The van der Waals surface area contributed by atoms with Gasteiger partial charge in [0.2, 0.25) is 0 Å². The highest BCUT2D eigenvalue weighted by Crippen LogP contribution is 2.19. The van der Waals surface area contributed by atoms with E-state index < -0.39 is 23.5 Å². The Morgan fingerprint density at radius 2 is 1.83 bits per heavy atom. The number of carbonyl (C=O) groups excluding carboxylic acids is 1. The summed E-state index contributed by atoms with van der Waals surface area (Å²) < 4.78 is 0. The molecule has 0 aliphatic carbocycles. The van der Waals surface area contributed by atoms with E-state index in [-0.39, 0.29) is 13.2 Å². The molecule has 0 aromatic rings. The van der Waals surface area contributed by atoms with Gasteiger partial charge in [-0.25, -0.2) is 9.59 Å². The van der Waals surface area contributed by atoms with Gasteiger partial charge < -0.3 is 20.4 Å². The van der Waals surface area contributed by atoms with Gasteiger partial charge in [-0.2, -0.15) is 0 Å². The molecule has 0 rings (SSSR count). The fraction of sp³-hybridized carbons (Fsp3) is 0.833. The summed E-state index contributed by atoms with van der Waals surface area (Å²) in [4.78, 5) is 24.5. The number of amides is 2. The molecular formula is C12H24N2O4.